The molecule has 43 heavy (non-hydrogen) atoms. The third-order valence-electron chi connectivity index (χ3n) is 6.40. The van der Waals surface area contributed by atoms with Crippen LogP contribution in [0.15, 0.2) is 109 Å². The number of hydrogen-bond donors (Lipinski definition) is 2. The number of nitrogens with one attached hydrogen (secondary N) is 2. The molecule has 0 atom stereocenters. The zero-order chi connectivity index (χ0) is 30.0. The molecule has 0 aliphatic carbocycles. The third-order valence-corrected chi connectivity index (χ3v) is 6.40. The highest BCUT2D eigenvalue weighted by Crippen LogP contribution is 2.16. The van der Waals surface area contributed by atoms with Crippen LogP contribution in [0.1, 0.15) is 30.4 Å². The number of ether oxygens (including phenoxy) is 4. The molecule has 4 rings (SSSR count). The summed E-state index contributed by atoms with van der Waals surface area (Å²) in [7, 11) is 0. The number of benzene rings is 4. The predicted molar refractivity (Wildman–Crippen MR) is 166 cm³/mol. The molecule has 2 amide bonds. The lowest BCUT2D eigenvalue weighted by Gasteiger charge is -2.10. The lowest BCUT2D eigenvalue weighted by atomic mass is 10.1. The first-order chi connectivity index (χ1) is 21.1. The number of carbonyl (C=O) groups is 2. The highest BCUT2D eigenvalue weighted by atomic mass is 16.6. The first kappa shape index (κ1) is 31.0. The van der Waals surface area contributed by atoms with Crippen molar-refractivity contribution in [3.05, 3.63) is 120 Å². The van der Waals surface area contributed by atoms with Gasteiger partial charge in [-0.05, 0) is 85.3 Å². The zero-order valence-electron chi connectivity index (χ0n) is 24.2. The van der Waals surface area contributed by atoms with Crippen LogP contribution in [0.25, 0.3) is 0 Å². The normalized spacial score (nSPS) is 10.4. The summed E-state index contributed by atoms with van der Waals surface area (Å²) in [5, 5.41) is 5.55. The van der Waals surface area contributed by atoms with Crippen LogP contribution in [0.4, 0.5) is 9.59 Å². The van der Waals surface area contributed by atoms with Gasteiger partial charge in [-0.15, -0.1) is 0 Å². The molecule has 4 aromatic carbocycles. The average molecular weight is 583 g/mol. The molecule has 0 spiro atoms. The van der Waals surface area contributed by atoms with Gasteiger partial charge in [0.1, 0.15) is 23.0 Å². The fourth-order valence-corrected chi connectivity index (χ4v) is 4.17. The maximum Gasteiger partial charge on any atom is 0.412 e. The zero-order valence-corrected chi connectivity index (χ0v) is 24.2. The molecular formula is C35H38N2O6. The molecule has 0 fully saturated rings. The van der Waals surface area contributed by atoms with Crippen LogP contribution in [-0.4, -0.2) is 38.5 Å². The molecule has 224 valence electrons. The molecule has 0 bridgehead atoms. The van der Waals surface area contributed by atoms with Crippen molar-refractivity contribution in [3.8, 4) is 23.0 Å². The van der Waals surface area contributed by atoms with E-state index in [0.29, 0.717) is 37.8 Å². The summed E-state index contributed by atoms with van der Waals surface area (Å²) in [5.41, 5.74) is 2.36. The maximum atomic E-state index is 11.8. The van der Waals surface area contributed by atoms with E-state index in [0.717, 1.165) is 43.6 Å². The van der Waals surface area contributed by atoms with Gasteiger partial charge in [-0.3, -0.25) is 0 Å². The summed E-state index contributed by atoms with van der Waals surface area (Å²) >= 11 is 0. The summed E-state index contributed by atoms with van der Waals surface area (Å²) in [4.78, 5) is 23.7. The highest BCUT2D eigenvalue weighted by Gasteiger charge is 2.05. The summed E-state index contributed by atoms with van der Waals surface area (Å²) in [5.74, 6) is 2.69. The van der Waals surface area contributed by atoms with E-state index in [1.807, 2.05) is 84.9 Å². The molecule has 0 saturated heterocycles. The van der Waals surface area contributed by atoms with Crippen molar-refractivity contribution in [2.24, 2.45) is 0 Å². The van der Waals surface area contributed by atoms with Gasteiger partial charge in [-0.2, -0.15) is 0 Å². The van der Waals surface area contributed by atoms with Gasteiger partial charge in [-0.1, -0.05) is 60.7 Å². The van der Waals surface area contributed by atoms with E-state index in [1.165, 1.54) is 11.1 Å². The van der Waals surface area contributed by atoms with Crippen LogP contribution in [0.3, 0.4) is 0 Å². The van der Waals surface area contributed by atoms with E-state index < -0.39 is 12.2 Å². The molecule has 4 aromatic rings. The monoisotopic (exact) mass is 582 g/mol. The van der Waals surface area contributed by atoms with Crippen molar-refractivity contribution in [2.75, 3.05) is 26.3 Å². The van der Waals surface area contributed by atoms with Crippen LogP contribution < -0.4 is 29.6 Å². The van der Waals surface area contributed by atoms with Crippen molar-refractivity contribution in [1.29, 1.82) is 0 Å². The van der Waals surface area contributed by atoms with Crippen LogP contribution in [0.2, 0.25) is 0 Å². The summed E-state index contributed by atoms with van der Waals surface area (Å²) in [6.07, 6.45) is 3.19. The van der Waals surface area contributed by atoms with Gasteiger partial charge >= 0.3 is 12.2 Å². The lowest BCUT2D eigenvalue weighted by molar-refractivity contribution is 0.199. The number of amides is 2. The van der Waals surface area contributed by atoms with Gasteiger partial charge < -0.3 is 29.6 Å². The molecule has 8 nitrogen and oxygen atoms in total. The van der Waals surface area contributed by atoms with Crippen molar-refractivity contribution in [2.45, 2.75) is 32.1 Å². The number of rotatable bonds is 16. The Morgan fingerprint density at radius 3 is 1.26 bits per heavy atom. The van der Waals surface area contributed by atoms with E-state index in [1.54, 1.807) is 24.3 Å². The average Bonchev–Trinajstić information content (AvgIpc) is 3.03. The SMILES string of the molecule is O=C(NCCCc1ccc(OCCCOc2ccc(CCCNC(=O)Oc3ccccc3)cc2)cc1)Oc1ccccc1. The Morgan fingerprint density at radius 2 is 0.860 bits per heavy atom. The molecular weight excluding hydrogens is 544 g/mol. The molecule has 0 unspecified atom stereocenters. The van der Waals surface area contributed by atoms with E-state index in [9.17, 15) is 9.59 Å². The number of para-hydroxylation sites is 2. The Labute approximate surface area is 252 Å². The minimum Gasteiger partial charge on any atom is -0.493 e. The fourth-order valence-electron chi connectivity index (χ4n) is 4.17. The Bertz CT molecular complexity index is 1260. The van der Waals surface area contributed by atoms with E-state index in [2.05, 4.69) is 10.6 Å². The molecule has 0 saturated carbocycles. The number of carbonyl (C=O) groups excluding carboxylic acids is 2. The minimum absolute atomic E-state index is 0.444. The molecule has 0 heterocycles. The van der Waals surface area contributed by atoms with Gasteiger partial charge in [0.25, 0.3) is 0 Å². The van der Waals surface area contributed by atoms with Crippen LogP contribution in [0, 0.1) is 0 Å². The van der Waals surface area contributed by atoms with Crippen LogP contribution >= 0.6 is 0 Å². The van der Waals surface area contributed by atoms with E-state index in [4.69, 9.17) is 18.9 Å². The number of hydrogen-bond acceptors (Lipinski definition) is 6. The third kappa shape index (κ3) is 12.2. The van der Waals surface area contributed by atoms with Gasteiger partial charge in [0.15, 0.2) is 0 Å². The van der Waals surface area contributed by atoms with Gasteiger partial charge in [0.05, 0.1) is 13.2 Å². The smallest absolute Gasteiger partial charge is 0.412 e. The Hall–Kier alpha value is -4.98. The summed E-state index contributed by atoms with van der Waals surface area (Å²) in [6.45, 7) is 2.20. The first-order valence-electron chi connectivity index (χ1n) is 14.6. The number of aryl methyl sites for hydroxylation is 2. The van der Waals surface area contributed by atoms with Gasteiger partial charge in [-0.25, -0.2) is 9.59 Å². The van der Waals surface area contributed by atoms with Crippen molar-refractivity contribution >= 4 is 12.2 Å². The second-order valence-electron chi connectivity index (χ2n) is 9.80. The molecule has 2 N–H and O–H groups in total. The van der Waals surface area contributed by atoms with Crippen LogP contribution in [0.5, 0.6) is 23.0 Å². The summed E-state index contributed by atoms with van der Waals surface area (Å²) < 4.78 is 22.1. The largest absolute Gasteiger partial charge is 0.493 e. The maximum absolute atomic E-state index is 11.8. The van der Waals surface area contributed by atoms with Crippen molar-refractivity contribution in [3.63, 3.8) is 0 Å². The van der Waals surface area contributed by atoms with E-state index >= 15 is 0 Å². The molecule has 0 aromatic heterocycles. The highest BCUT2D eigenvalue weighted by molar-refractivity contribution is 5.70. The van der Waals surface area contributed by atoms with Crippen LogP contribution in [-0.2, 0) is 12.8 Å². The summed E-state index contributed by atoms with van der Waals surface area (Å²) in [6, 6.07) is 34.1. The van der Waals surface area contributed by atoms with Gasteiger partial charge in [0, 0.05) is 19.5 Å². The predicted octanol–water partition coefficient (Wildman–Crippen LogP) is 6.98. The van der Waals surface area contributed by atoms with Gasteiger partial charge in [0.2, 0.25) is 0 Å². The minimum atomic E-state index is -0.444. The molecule has 0 radical (unpaired) electrons. The van der Waals surface area contributed by atoms with Crippen molar-refractivity contribution in [1.82, 2.24) is 10.6 Å². The topological polar surface area (TPSA) is 95.1 Å². The second kappa shape index (κ2) is 17.7. The Morgan fingerprint density at radius 1 is 0.465 bits per heavy atom. The molecule has 0 aliphatic rings. The first-order valence-corrected chi connectivity index (χ1v) is 14.6. The molecule has 8 heteroatoms. The van der Waals surface area contributed by atoms with E-state index in [-0.39, 0.29) is 0 Å². The lowest BCUT2D eigenvalue weighted by Crippen LogP contribution is -2.27. The molecule has 0 aliphatic heterocycles. The second-order valence-corrected chi connectivity index (χ2v) is 9.80. The standard InChI is InChI=1S/C35H38N2O6/c38-34(42-32-12-3-1-4-13-32)36-24-7-10-28-16-20-30(21-17-28)40-26-9-27-41-31-22-18-29(19-23-31)11-8-25-37-35(39)43-33-14-5-2-6-15-33/h1-6,12-23H,7-11,24-27H2,(H,36,38)(H,37,39). The van der Waals surface area contributed by atoms with Crippen molar-refractivity contribution < 1.29 is 28.5 Å². The Kier molecular flexibility index (Phi) is 12.8. The fraction of sp³-hybridized carbons (Fsp3) is 0.257. The quantitative estimate of drug-likeness (QED) is 0.139. The Balaban J connectivity index is 1.01.